The molecule has 14 heteroatoms. The van der Waals surface area contributed by atoms with Crippen LogP contribution >= 0.6 is 11.8 Å². The Hall–Kier alpha value is -4.30. The second-order valence-electron chi connectivity index (χ2n) is 8.42. The molecule has 0 aliphatic carbocycles. The molecule has 0 atom stereocenters. The molecule has 1 N–H and O–H groups in total. The molecule has 12 nitrogen and oxygen atoms in total. The molecular weight excluding hydrogens is 560 g/mol. The van der Waals surface area contributed by atoms with E-state index in [1.807, 2.05) is 6.07 Å². The summed E-state index contributed by atoms with van der Waals surface area (Å²) < 4.78 is 44.6. The van der Waals surface area contributed by atoms with Gasteiger partial charge in [0, 0.05) is 23.6 Å². The number of nitrogens with one attached hydrogen (secondary N) is 1. The minimum Gasteiger partial charge on any atom is -0.497 e. The first-order valence-electron chi connectivity index (χ1n) is 11.9. The van der Waals surface area contributed by atoms with E-state index < -0.39 is 38.0 Å². The number of thioether (sulfide) groups is 1. The van der Waals surface area contributed by atoms with Gasteiger partial charge >= 0.3 is 0 Å². The molecule has 0 spiro atoms. The number of ether oxygens (including phenoxy) is 3. The summed E-state index contributed by atoms with van der Waals surface area (Å²) in [7, 11) is -1.88. The average molecular weight is 587 g/mol. The smallest absolute Gasteiger partial charge is 0.289 e. The van der Waals surface area contributed by atoms with E-state index in [1.54, 1.807) is 30.0 Å². The molecule has 1 fully saturated rings. The zero-order chi connectivity index (χ0) is 28.7. The van der Waals surface area contributed by atoms with Crippen LogP contribution in [0.3, 0.4) is 0 Å². The van der Waals surface area contributed by atoms with Crippen LogP contribution in [-0.2, 0) is 14.8 Å². The Morgan fingerprint density at radius 2 is 1.88 bits per heavy atom. The lowest BCUT2D eigenvalue weighted by Crippen LogP contribution is -2.40. The monoisotopic (exact) mass is 586 g/mol. The van der Waals surface area contributed by atoms with Gasteiger partial charge < -0.3 is 14.2 Å². The minimum absolute atomic E-state index is 0.0282. The molecule has 1 heterocycles. The van der Waals surface area contributed by atoms with Crippen LogP contribution in [0.15, 0.2) is 76.7 Å². The largest absolute Gasteiger partial charge is 0.497 e. The van der Waals surface area contributed by atoms with Crippen molar-refractivity contribution in [1.29, 1.82) is 0 Å². The van der Waals surface area contributed by atoms with Gasteiger partial charge in [0.05, 0.1) is 31.0 Å². The summed E-state index contributed by atoms with van der Waals surface area (Å²) in [4.78, 5) is 23.2. The number of carbonyl (C=O) groups is 1. The number of nitrogens with zero attached hydrogens (tertiary/aromatic N) is 3. The molecule has 0 radical (unpaired) electrons. The van der Waals surface area contributed by atoms with Crippen LogP contribution in [0, 0.1) is 10.1 Å². The maximum absolute atomic E-state index is 13.8. The zero-order valence-electron chi connectivity index (χ0n) is 21.6. The van der Waals surface area contributed by atoms with Crippen LogP contribution < -0.4 is 23.9 Å². The molecule has 0 aromatic heterocycles. The number of hydrazone groups is 1. The van der Waals surface area contributed by atoms with E-state index in [0.29, 0.717) is 17.1 Å². The molecule has 40 heavy (non-hydrogen) atoms. The number of rotatable bonds is 12. The number of methoxy groups -OCH3 is 2. The van der Waals surface area contributed by atoms with Gasteiger partial charge in [0.25, 0.3) is 21.6 Å². The Morgan fingerprint density at radius 1 is 1.10 bits per heavy atom. The number of benzene rings is 3. The Labute approximate surface area is 235 Å². The maximum atomic E-state index is 13.8. The summed E-state index contributed by atoms with van der Waals surface area (Å²) in [5.41, 5.74) is 2.31. The number of nitro benzene ring substituents is 1. The number of nitro groups is 1. The van der Waals surface area contributed by atoms with Crippen molar-refractivity contribution in [2.45, 2.75) is 11.0 Å². The van der Waals surface area contributed by atoms with Crippen LogP contribution in [0.5, 0.6) is 17.2 Å². The highest BCUT2D eigenvalue weighted by Gasteiger charge is 2.34. The van der Waals surface area contributed by atoms with Crippen LogP contribution in [-0.4, -0.2) is 63.8 Å². The standard InChI is InChI=1S/C26H26N4O8S2/c1-36-19-10-11-22(24(13-19)37-2)29(40(34,35)25-9-4-3-8-23(25)30(32)33)15-26(31)28-27-14-18-6-5-7-20(12-18)38-21-16-39-17-21/h3-14,21H,15-17H2,1-2H3,(H,28,31)/b27-14-. The van der Waals surface area contributed by atoms with E-state index in [-0.39, 0.29) is 17.5 Å². The third-order valence-corrected chi connectivity index (χ3v) is 8.77. The van der Waals surface area contributed by atoms with E-state index in [2.05, 4.69) is 10.5 Å². The van der Waals surface area contributed by atoms with Crippen molar-refractivity contribution in [3.8, 4) is 17.2 Å². The molecule has 3 aromatic rings. The number of carbonyl (C=O) groups excluding carboxylic acids is 1. The van der Waals surface area contributed by atoms with Gasteiger partial charge in [0.2, 0.25) is 0 Å². The highest BCUT2D eigenvalue weighted by atomic mass is 32.2. The molecule has 0 unspecified atom stereocenters. The first-order valence-corrected chi connectivity index (χ1v) is 14.5. The normalized spacial score (nSPS) is 13.3. The summed E-state index contributed by atoms with van der Waals surface area (Å²) in [6, 6.07) is 16.3. The Bertz CT molecular complexity index is 1530. The van der Waals surface area contributed by atoms with Crippen molar-refractivity contribution in [3.63, 3.8) is 0 Å². The van der Waals surface area contributed by atoms with Crippen molar-refractivity contribution < 1.29 is 32.3 Å². The SMILES string of the molecule is COc1ccc(N(CC(=O)N/N=C\c2cccc(OC3CSC3)c2)S(=O)(=O)c2ccccc2[N+](=O)[O-])c(OC)c1. The van der Waals surface area contributed by atoms with Gasteiger partial charge in [-0.2, -0.15) is 16.9 Å². The lowest BCUT2D eigenvalue weighted by atomic mass is 10.2. The lowest BCUT2D eigenvalue weighted by molar-refractivity contribution is -0.387. The molecule has 0 saturated carbocycles. The number of para-hydroxylation sites is 1. The molecule has 1 aliphatic rings. The predicted molar refractivity (Wildman–Crippen MR) is 151 cm³/mol. The van der Waals surface area contributed by atoms with E-state index in [0.717, 1.165) is 27.9 Å². The molecule has 1 saturated heterocycles. The molecule has 1 aliphatic heterocycles. The van der Waals surface area contributed by atoms with Crippen molar-refractivity contribution >= 4 is 45.3 Å². The summed E-state index contributed by atoms with van der Waals surface area (Å²) in [5.74, 6) is 2.18. The van der Waals surface area contributed by atoms with Crippen LogP contribution in [0.1, 0.15) is 5.56 Å². The Balaban J connectivity index is 1.60. The van der Waals surface area contributed by atoms with E-state index in [1.165, 1.54) is 50.8 Å². The number of hydrogen-bond acceptors (Lipinski definition) is 10. The first-order chi connectivity index (χ1) is 19.2. The fraction of sp³-hybridized carbons (Fsp3) is 0.231. The quantitative estimate of drug-likeness (QED) is 0.191. The third kappa shape index (κ3) is 6.63. The third-order valence-electron chi connectivity index (χ3n) is 5.74. The molecule has 210 valence electrons. The van der Waals surface area contributed by atoms with Crippen molar-refractivity contribution in [2.75, 3.05) is 36.6 Å². The van der Waals surface area contributed by atoms with Gasteiger partial charge in [0.1, 0.15) is 29.9 Å². The highest BCUT2D eigenvalue weighted by Crippen LogP contribution is 2.37. The maximum Gasteiger partial charge on any atom is 0.289 e. The summed E-state index contributed by atoms with van der Waals surface area (Å²) in [6.45, 7) is -0.753. The zero-order valence-corrected chi connectivity index (χ0v) is 23.2. The van der Waals surface area contributed by atoms with Gasteiger partial charge in [-0.05, 0) is 35.9 Å². The van der Waals surface area contributed by atoms with Gasteiger partial charge in [-0.25, -0.2) is 13.8 Å². The second kappa shape index (κ2) is 12.7. The van der Waals surface area contributed by atoms with Crippen LogP contribution in [0.2, 0.25) is 0 Å². The van der Waals surface area contributed by atoms with Gasteiger partial charge in [-0.15, -0.1) is 0 Å². The van der Waals surface area contributed by atoms with Crippen LogP contribution in [0.25, 0.3) is 0 Å². The average Bonchev–Trinajstić information content (AvgIpc) is 2.93. The van der Waals surface area contributed by atoms with E-state index >= 15 is 0 Å². The molecule has 4 rings (SSSR count). The van der Waals surface area contributed by atoms with E-state index in [4.69, 9.17) is 14.2 Å². The number of hydrogen-bond donors (Lipinski definition) is 1. The topological polar surface area (TPSA) is 150 Å². The Morgan fingerprint density at radius 3 is 2.55 bits per heavy atom. The molecular formula is C26H26N4O8S2. The van der Waals surface area contributed by atoms with Gasteiger partial charge in [0.15, 0.2) is 4.90 Å². The summed E-state index contributed by atoms with van der Waals surface area (Å²) in [6.07, 6.45) is 1.56. The number of amides is 1. The van der Waals surface area contributed by atoms with Gasteiger partial charge in [-0.1, -0.05) is 24.3 Å². The van der Waals surface area contributed by atoms with Crippen molar-refractivity contribution in [3.05, 3.63) is 82.4 Å². The first kappa shape index (κ1) is 28.7. The summed E-state index contributed by atoms with van der Waals surface area (Å²) >= 11 is 1.80. The second-order valence-corrected chi connectivity index (χ2v) is 11.3. The minimum atomic E-state index is -4.63. The Kier molecular flexibility index (Phi) is 9.11. The number of sulfonamides is 1. The lowest BCUT2D eigenvalue weighted by Gasteiger charge is -2.25. The molecule has 3 aromatic carbocycles. The van der Waals surface area contributed by atoms with Crippen molar-refractivity contribution in [2.24, 2.45) is 5.10 Å². The number of anilines is 1. The fourth-order valence-electron chi connectivity index (χ4n) is 3.72. The van der Waals surface area contributed by atoms with Crippen molar-refractivity contribution in [1.82, 2.24) is 5.43 Å². The fourth-order valence-corrected chi connectivity index (χ4v) is 5.88. The highest BCUT2D eigenvalue weighted by molar-refractivity contribution is 8.00. The van der Waals surface area contributed by atoms with Gasteiger partial charge in [-0.3, -0.25) is 19.2 Å². The predicted octanol–water partition coefficient (Wildman–Crippen LogP) is 3.45. The molecule has 1 amide bonds. The molecule has 0 bridgehead atoms. The van der Waals surface area contributed by atoms with E-state index in [9.17, 15) is 23.3 Å². The van der Waals surface area contributed by atoms with Crippen LogP contribution in [0.4, 0.5) is 11.4 Å². The summed E-state index contributed by atoms with van der Waals surface area (Å²) in [5, 5.41) is 15.6.